The summed E-state index contributed by atoms with van der Waals surface area (Å²) in [6.07, 6.45) is 1.56. The van der Waals surface area contributed by atoms with Gasteiger partial charge in [-0.25, -0.2) is 0 Å². The first kappa shape index (κ1) is 13.2. The molecule has 0 saturated carbocycles. The summed E-state index contributed by atoms with van der Waals surface area (Å²) >= 11 is 0. The van der Waals surface area contributed by atoms with Gasteiger partial charge in [-0.1, -0.05) is 6.07 Å². The Kier molecular flexibility index (Phi) is 3.78. The number of carbonyl (C=O) groups is 1. The highest BCUT2D eigenvalue weighted by Crippen LogP contribution is 2.32. The van der Waals surface area contributed by atoms with Gasteiger partial charge in [0.05, 0.1) is 0 Å². The number of carbonyl (C=O) groups excluding carboxylic acids is 1. The van der Waals surface area contributed by atoms with E-state index in [1.807, 2.05) is 12.1 Å². The molecule has 2 N–H and O–H groups in total. The molecule has 0 aliphatic carbocycles. The largest absolute Gasteiger partial charge is 0.486 e. The van der Waals surface area contributed by atoms with Crippen LogP contribution in [0.3, 0.4) is 0 Å². The Balaban J connectivity index is 1.59. The van der Waals surface area contributed by atoms with E-state index >= 15 is 0 Å². The summed E-state index contributed by atoms with van der Waals surface area (Å²) in [6, 6.07) is 6.50. The molecule has 1 aromatic rings. The zero-order valence-corrected chi connectivity index (χ0v) is 11.6. The molecule has 0 radical (unpaired) electrons. The summed E-state index contributed by atoms with van der Waals surface area (Å²) in [5.41, 5.74) is 1.17. The fourth-order valence-corrected chi connectivity index (χ4v) is 2.60. The van der Waals surface area contributed by atoms with Gasteiger partial charge in [0, 0.05) is 25.0 Å². The van der Waals surface area contributed by atoms with Gasteiger partial charge in [-0.05, 0) is 31.0 Å². The fraction of sp³-hybridized carbons (Fsp3) is 0.533. The fourth-order valence-electron chi connectivity index (χ4n) is 2.60. The van der Waals surface area contributed by atoms with Crippen LogP contribution in [0.25, 0.3) is 0 Å². The first-order valence-corrected chi connectivity index (χ1v) is 7.14. The van der Waals surface area contributed by atoms with Crippen LogP contribution in [0, 0.1) is 0 Å². The minimum atomic E-state index is 0.156. The Hall–Kier alpha value is -1.75. The summed E-state index contributed by atoms with van der Waals surface area (Å²) < 4.78 is 11.1. The van der Waals surface area contributed by atoms with E-state index in [-0.39, 0.29) is 18.0 Å². The molecule has 2 heterocycles. The second-order valence-electron chi connectivity index (χ2n) is 5.34. The van der Waals surface area contributed by atoms with Crippen LogP contribution in [-0.4, -0.2) is 31.7 Å². The standard InChI is InChI=1S/C15H20N2O3/c1-10(16-9-12-3-5-15(18)17-12)11-2-4-13-14(8-11)20-7-6-19-13/h2,4,8,10,12,16H,3,5-7,9H2,1H3,(H,17,18). The number of amides is 1. The van der Waals surface area contributed by atoms with E-state index in [0.29, 0.717) is 19.6 Å². The maximum atomic E-state index is 11.2. The van der Waals surface area contributed by atoms with Crippen molar-refractivity contribution in [2.45, 2.75) is 31.8 Å². The number of hydrogen-bond donors (Lipinski definition) is 2. The van der Waals surface area contributed by atoms with Gasteiger partial charge in [-0.2, -0.15) is 0 Å². The van der Waals surface area contributed by atoms with Gasteiger partial charge in [0.25, 0.3) is 0 Å². The minimum Gasteiger partial charge on any atom is -0.486 e. The van der Waals surface area contributed by atoms with Crippen molar-refractivity contribution < 1.29 is 14.3 Å². The van der Waals surface area contributed by atoms with Gasteiger partial charge < -0.3 is 20.1 Å². The van der Waals surface area contributed by atoms with Gasteiger partial charge in [-0.3, -0.25) is 4.79 Å². The first-order chi connectivity index (χ1) is 9.72. The van der Waals surface area contributed by atoms with Crippen LogP contribution in [0.15, 0.2) is 18.2 Å². The normalized spacial score (nSPS) is 22.4. The third kappa shape index (κ3) is 2.88. The van der Waals surface area contributed by atoms with Gasteiger partial charge in [0.1, 0.15) is 13.2 Å². The van der Waals surface area contributed by atoms with Gasteiger partial charge in [0.15, 0.2) is 11.5 Å². The molecule has 0 spiro atoms. The molecule has 2 aliphatic rings. The van der Waals surface area contributed by atoms with Crippen molar-refractivity contribution >= 4 is 5.91 Å². The molecule has 1 amide bonds. The number of rotatable bonds is 4. The lowest BCUT2D eigenvalue weighted by Gasteiger charge is -2.22. The Morgan fingerprint density at radius 2 is 2.15 bits per heavy atom. The Labute approximate surface area is 118 Å². The van der Waals surface area contributed by atoms with E-state index in [9.17, 15) is 4.79 Å². The highest BCUT2D eigenvalue weighted by atomic mass is 16.6. The van der Waals surface area contributed by atoms with Crippen LogP contribution in [0.2, 0.25) is 0 Å². The van der Waals surface area contributed by atoms with Crippen molar-refractivity contribution in [2.24, 2.45) is 0 Å². The van der Waals surface area contributed by atoms with Crippen molar-refractivity contribution in [3.63, 3.8) is 0 Å². The maximum Gasteiger partial charge on any atom is 0.220 e. The SMILES string of the molecule is CC(NCC1CCC(=O)N1)c1ccc2c(c1)OCCO2. The Bertz CT molecular complexity index is 504. The Morgan fingerprint density at radius 1 is 1.35 bits per heavy atom. The van der Waals surface area contributed by atoms with Crippen LogP contribution in [0.1, 0.15) is 31.4 Å². The van der Waals surface area contributed by atoms with Crippen LogP contribution in [0.4, 0.5) is 0 Å². The quantitative estimate of drug-likeness (QED) is 0.872. The predicted molar refractivity (Wildman–Crippen MR) is 75.0 cm³/mol. The van der Waals surface area contributed by atoms with Gasteiger partial charge in [-0.15, -0.1) is 0 Å². The molecule has 2 atom stereocenters. The number of hydrogen-bond acceptors (Lipinski definition) is 4. The monoisotopic (exact) mass is 276 g/mol. The lowest BCUT2D eigenvalue weighted by Crippen LogP contribution is -2.36. The van der Waals surface area contributed by atoms with E-state index in [4.69, 9.17) is 9.47 Å². The molecule has 1 aromatic carbocycles. The molecule has 2 aliphatic heterocycles. The predicted octanol–water partition coefficient (Wildman–Crippen LogP) is 1.39. The average Bonchev–Trinajstić information content (AvgIpc) is 2.90. The smallest absolute Gasteiger partial charge is 0.220 e. The zero-order chi connectivity index (χ0) is 13.9. The lowest BCUT2D eigenvalue weighted by atomic mass is 10.1. The second kappa shape index (κ2) is 5.71. The van der Waals surface area contributed by atoms with Gasteiger partial charge >= 0.3 is 0 Å². The minimum absolute atomic E-state index is 0.156. The van der Waals surface area contributed by atoms with Crippen LogP contribution >= 0.6 is 0 Å². The van der Waals surface area contributed by atoms with E-state index in [0.717, 1.165) is 24.5 Å². The molecule has 0 bridgehead atoms. The molecular weight excluding hydrogens is 256 g/mol. The van der Waals surface area contributed by atoms with Crippen molar-refractivity contribution in [3.05, 3.63) is 23.8 Å². The highest BCUT2D eigenvalue weighted by molar-refractivity contribution is 5.78. The Morgan fingerprint density at radius 3 is 2.90 bits per heavy atom. The van der Waals surface area contributed by atoms with Crippen molar-refractivity contribution in [1.82, 2.24) is 10.6 Å². The van der Waals surface area contributed by atoms with E-state index in [1.165, 1.54) is 5.56 Å². The third-order valence-electron chi connectivity index (χ3n) is 3.82. The average molecular weight is 276 g/mol. The summed E-state index contributed by atoms with van der Waals surface area (Å²) in [7, 11) is 0. The highest BCUT2D eigenvalue weighted by Gasteiger charge is 2.21. The van der Waals surface area contributed by atoms with Crippen LogP contribution in [-0.2, 0) is 4.79 Å². The lowest BCUT2D eigenvalue weighted by molar-refractivity contribution is -0.119. The summed E-state index contributed by atoms with van der Waals surface area (Å²) in [5, 5.41) is 6.42. The second-order valence-corrected chi connectivity index (χ2v) is 5.34. The van der Waals surface area contributed by atoms with E-state index in [2.05, 4.69) is 23.6 Å². The van der Waals surface area contributed by atoms with E-state index in [1.54, 1.807) is 0 Å². The zero-order valence-electron chi connectivity index (χ0n) is 11.6. The van der Waals surface area contributed by atoms with E-state index < -0.39 is 0 Å². The first-order valence-electron chi connectivity index (χ1n) is 7.14. The third-order valence-corrected chi connectivity index (χ3v) is 3.82. The number of ether oxygens (including phenoxy) is 2. The molecule has 3 rings (SSSR count). The van der Waals surface area contributed by atoms with Crippen molar-refractivity contribution in [3.8, 4) is 11.5 Å². The summed E-state index contributed by atoms with van der Waals surface area (Å²) in [4.78, 5) is 11.2. The molecule has 1 fully saturated rings. The summed E-state index contributed by atoms with van der Waals surface area (Å²) in [5.74, 6) is 1.79. The number of fused-ring (bicyclic) bond motifs is 1. The number of nitrogens with one attached hydrogen (secondary N) is 2. The topological polar surface area (TPSA) is 59.6 Å². The van der Waals surface area contributed by atoms with Crippen molar-refractivity contribution in [1.29, 1.82) is 0 Å². The molecule has 2 unspecified atom stereocenters. The molecule has 108 valence electrons. The van der Waals surface area contributed by atoms with Crippen LogP contribution in [0.5, 0.6) is 11.5 Å². The maximum absolute atomic E-state index is 11.2. The van der Waals surface area contributed by atoms with Crippen molar-refractivity contribution in [2.75, 3.05) is 19.8 Å². The number of benzene rings is 1. The van der Waals surface area contributed by atoms with Crippen LogP contribution < -0.4 is 20.1 Å². The molecular formula is C15H20N2O3. The molecule has 5 heteroatoms. The molecule has 20 heavy (non-hydrogen) atoms. The molecule has 0 aromatic heterocycles. The molecule has 5 nitrogen and oxygen atoms in total. The van der Waals surface area contributed by atoms with Gasteiger partial charge in [0.2, 0.25) is 5.91 Å². The molecule has 1 saturated heterocycles. The summed E-state index contributed by atoms with van der Waals surface area (Å²) in [6.45, 7) is 4.12.